The minimum absolute atomic E-state index is 0.0853. The number of rotatable bonds is 12. The number of hydrogen-bond acceptors (Lipinski definition) is 4. The first-order valence-electron chi connectivity index (χ1n) is 10.3. The van der Waals surface area contributed by atoms with Crippen LogP contribution in [0.25, 0.3) is 0 Å². The maximum Gasteiger partial charge on any atom is 0.303 e. The first kappa shape index (κ1) is 23.9. The Balaban J connectivity index is 2.62. The van der Waals surface area contributed by atoms with E-state index in [0.29, 0.717) is 25.7 Å². The van der Waals surface area contributed by atoms with Crippen LogP contribution in [-0.2, 0) is 4.79 Å². The number of allylic oxidation sites excluding steroid dienone is 2. The largest absolute Gasteiger partial charge is 0.481 e. The number of carbonyl (C=O) groups is 1. The summed E-state index contributed by atoms with van der Waals surface area (Å²) < 4.78 is 0. The molecule has 0 amide bonds. The fraction of sp³-hybridized carbons (Fsp3) is 0.773. The van der Waals surface area contributed by atoms with Crippen molar-refractivity contribution in [3.05, 3.63) is 24.3 Å². The molecule has 0 heterocycles. The molecule has 5 atom stereocenters. The van der Waals surface area contributed by atoms with Gasteiger partial charge >= 0.3 is 5.97 Å². The van der Waals surface area contributed by atoms with Gasteiger partial charge in [-0.3, -0.25) is 4.79 Å². The number of unbranched alkanes of at least 4 members (excludes halogenated alkanes) is 2. The maximum absolute atomic E-state index is 10.5. The molecule has 1 rings (SSSR count). The molecule has 4 N–H and O–H groups in total. The van der Waals surface area contributed by atoms with Gasteiger partial charge in [0, 0.05) is 18.8 Å². The van der Waals surface area contributed by atoms with Crippen molar-refractivity contribution in [3.63, 3.8) is 0 Å². The molecule has 27 heavy (non-hydrogen) atoms. The summed E-state index contributed by atoms with van der Waals surface area (Å²) in [6.45, 7) is 6.23. The summed E-state index contributed by atoms with van der Waals surface area (Å²) in [4.78, 5) is 10.5. The predicted molar refractivity (Wildman–Crippen MR) is 107 cm³/mol. The Labute approximate surface area is 163 Å². The number of aliphatic hydroxyl groups is 3. The van der Waals surface area contributed by atoms with Gasteiger partial charge in [0.25, 0.3) is 0 Å². The average molecular weight is 383 g/mol. The van der Waals surface area contributed by atoms with E-state index < -0.39 is 24.3 Å². The monoisotopic (exact) mass is 382 g/mol. The van der Waals surface area contributed by atoms with Crippen LogP contribution in [0.4, 0.5) is 0 Å². The van der Waals surface area contributed by atoms with Crippen LogP contribution in [-0.4, -0.2) is 44.7 Å². The minimum Gasteiger partial charge on any atom is -0.481 e. The molecule has 1 aliphatic carbocycles. The van der Waals surface area contributed by atoms with E-state index in [1.54, 1.807) is 6.08 Å². The molecular formula is C22H38O5. The van der Waals surface area contributed by atoms with Crippen molar-refractivity contribution in [1.82, 2.24) is 0 Å². The maximum atomic E-state index is 10.5. The van der Waals surface area contributed by atoms with Crippen LogP contribution in [0.1, 0.15) is 72.1 Å². The Kier molecular flexibility index (Phi) is 10.3. The molecule has 5 heteroatoms. The normalized spacial score (nSPS) is 27.6. The zero-order valence-electron chi connectivity index (χ0n) is 17.1. The number of carboxylic acid groups (broad SMARTS) is 1. The summed E-state index contributed by atoms with van der Waals surface area (Å²) in [5.41, 5.74) is -0.214. The molecule has 156 valence electrons. The molecule has 0 radical (unpaired) electrons. The second kappa shape index (κ2) is 11.6. The SMILES string of the molecule is CCCCC(C)(C)[C@H](O)/C=C\[C@@H]1[C@@H](C/C=C\CCCC(=O)O)[C@H](O)C[C@H]1O. The van der Waals surface area contributed by atoms with Gasteiger partial charge in [0.2, 0.25) is 0 Å². The molecular weight excluding hydrogens is 344 g/mol. The van der Waals surface area contributed by atoms with Crippen molar-refractivity contribution in [2.75, 3.05) is 0 Å². The summed E-state index contributed by atoms with van der Waals surface area (Å²) in [6.07, 6.45) is 11.4. The quantitative estimate of drug-likeness (QED) is 0.305. The van der Waals surface area contributed by atoms with Crippen molar-refractivity contribution >= 4 is 5.97 Å². The Morgan fingerprint density at radius 3 is 2.52 bits per heavy atom. The Bertz CT molecular complexity index is 497. The highest BCUT2D eigenvalue weighted by Crippen LogP contribution is 2.37. The van der Waals surface area contributed by atoms with Gasteiger partial charge in [0.1, 0.15) is 0 Å². The highest BCUT2D eigenvalue weighted by atomic mass is 16.4. The van der Waals surface area contributed by atoms with E-state index in [-0.39, 0.29) is 23.7 Å². The molecule has 0 spiro atoms. The average Bonchev–Trinajstić information content (AvgIpc) is 2.86. The van der Waals surface area contributed by atoms with Crippen LogP contribution < -0.4 is 0 Å². The number of aliphatic carboxylic acids is 1. The van der Waals surface area contributed by atoms with Crippen molar-refractivity contribution in [3.8, 4) is 0 Å². The number of aliphatic hydroxyl groups excluding tert-OH is 3. The van der Waals surface area contributed by atoms with E-state index in [0.717, 1.165) is 19.3 Å². The molecule has 1 aliphatic rings. The van der Waals surface area contributed by atoms with E-state index >= 15 is 0 Å². The van der Waals surface area contributed by atoms with E-state index in [2.05, 4.69) is 20.8 Å². The lowest BCUT2D eigenvalue weighted by Gasteiger charge is -2.29. The molecule has 5 nitrogen and oxygen atoms in total. The third kappa shape index (κ3) is 8.16. The summed E-state index contributed by atoms with van der Waals surface area (Å²) >= 11 is 0. The van der Waals surface area contributed by atoms with Gasteiger partial charge in [0.15, 0.2) is 0 Å². The fourth-order valence-corrected chi connectivity index (χ4v) is 3.72. The van der Waals surface area contributed by atoms with Crippen LogP contribution in [0.5, 0.6) is 0 Å². The topological polar surface area (TPSA) is 98.0 Å². The lowest BCUT2D eigenvalue weighted by atomic mass is 9.80. The molecule has 0 saturated heterocycles. The fourth-order valence-electron chi connectivity index (χ4n) is 3.72. The van der Waals surface area contributed by atoms with Gasteiger partial charge in [-0.2, -0.15) is 0 Å². The smallest absolute Gasteiger partial charge is 0.303 e. The van der Waals surface area contributed by atoms with Crippen LogP contribution >= 0.6 is 0 Å². The van der Waals surface area contributed by atoms with Gasteiger partial charge in [-0.25, -0.2) is 0 Å². The van der Waals surface area contributed by atoms with Gasteiger partial charge in [-0.15, -0.1) is 0 Å². The van der Waals surface area contributed by atoms with E-state index in [1.807, 2.05) is 18.2 Å². The predicted octanol–water partition coefficient (Wildman–Crippen LogP) is 3.68. The van der Waals surface area contributed by atoms with Crippen molar-refractivity contribution in [2.45, 2.75) is 90.4 Å². The minimum atomic E-state index is -0.789. The Morgan fingerprint density at radius 2 is 1.89 bits per heavy atom. The van der Waals surface area contributed by atoms with E-state index in [4.69, 9.17) is 5.11 Å². The molecule has 0 aromatic heterocycles. The Morgan fingerprint density at radius 1 is 1.19 bits per heavy atom. The van der Waals surface area contributed by atoms with Crippen molar-refractivity contribution in [1.29, 1.82) is 0 Å². The zero-order chi connectivity index (χ0) is 20.4. The van der Waals surface area contributed by atoms with Gasteiger partial charge in [-0.1, -0.05) is 57.9 Å². The van der Waals surface area contributed by atoms with Crippen LogP contribution in [0, 0.1) is 17.3 Å². The molecule has 1 fully saturated rings. The molecule has 0 aromatic rings. The molecule has 0 aromatic carbocycles. The van der Waals surface area contributed by atoms with Crippen molar-refractivity contribution in [2.24, 2.45) is 17.3 Å². The lowest BCUT2D eigenvalue weighted by molar-refractivity contribution is -0.137. The summed E-state index contributed by atoms with van der Waals surface area (Å²) in [5.74, 6) is -1.05. The highest BCUT2D eigenvalue weighted by molar-refractivity contribution is 5.66. The van der Waals surface area contributed by atoms with Gasteiger partial charge in [-0.05, 0) is 37.0 Å². The first-order valence-corrected chi connectivity index (χ1v) is 10.3. The highest BCUT2D eigenvalue weighted by Gasteiger charge is 2.39. The number of hydrogen-bond donors (Lipinski definition) is 4. The second-order valence-electron chi connectivity index (χ2n) is 8.53. The second-order valence-corrected chi connectivity index (χ2v) is 8.53. The lowest BCUT2D eigenvalue weighted by Crippen LogP contribution is -2.28. The van der Waals surface area contributed by atoms with Gasteiger partial charge < -0.3 is 20.4 Å². The van der Waals surface area contributed by atoms with Crippen molar-refractivity contribution < 1.29 is 25.2 Å². The van der Waals surface area contributed by atoms with Gasteiger partial charge in [0.05, 0.1) is 18.3 Å². The summed E-state index contributed by atoms with van der Waals surface area (Å²) in [7, 11) is 0. The molecule has 0 unspecified atom stereocenters. The molecule has 0 bridgehead atoms. The molecule has 1 saturated carbocycles. The third-order valence-electron chi connectivity index (χ3n) is 5.74. The molecule has 0 aliphatic heterocycles. The number of carboxylic acids is 1. The van der Waals surface area contributed by atoms with E-state index in [1.165, 1.54) is 0 Å². The summed E-state index contributed by atoms with van der Waals surface area (Å²) in [6, 6.07) is 0. The van der Waals surface area contributed by atoms with Crippen LogP contribution in [0.15, 0.2) is 24.3 Å². The Hall–Kier alpha value is -1.17. The van der Waals surface area contributed by atoms with Crippen LogP contribution in [0.2, 0.25) is 0 Å². The van der Waals surface area contributed by atoms with E-state index in [9.17, 15) is 20.1 Å². The standard InChI is InChI=1S/C22H38O5/c1-4-5-14-22(2,3)20(25)13-12-17-16(18(23)15-19(17)24)10-8-6-7-9-11-21(26)27/h6,8,12-13,16-20,23-25H,4-5,7,9-11,14-15H2,1-3H3,(H,26,27)/b8-6-,13-12-/t16-,17-,18-,19-,20-/m1/s1. The summed E-state index contributed by atoms with van der Waals surface area (Å²) in [5, 5.41) is 39.7. The third-order valence-corrected chi connectivity index (χ3v) is 5.74. The zero-order valence-corrected chi connectivity index (χ0v) is 17.1. The first-order chi connectivity index (χ1) is 12.7. The van der Waals surface area contributed by atoms with Crippen LogP contribution in [0.3, 0.4) is 0 Å².